The molecule has 134 valence electrons. The van der Waals surface area contributed by atoms with E-state index < -0.39 is 6.10 Å². The first kappa shape index (κ1) is 17.5. The van der Waals surface area contributed by atoms with Crippen molar-refractivity contribution in [3.8, 4) is 5.75 Å². The molecule has 6 heteroatoms. The number of carbonyl (C=O) groups is 1. The van der Waals surface area contributed by atoms with Crippen molar-refractivity contribution in [2.75, 3.05) is 6.54 Å². The van der Waals surface area contributed by atoms with Crippen LogP contribution in [0.25, 0.3) is 0 Å². The fourth-order valence-electron chi connectivity index (χ4n) is 3.18. The molecule has 2 heterocycles. The average Bonchev–Trinajstić information content (AvgIpc) is 3.22. The minimum absolute atomic E-state index is 0.0418. The van der Waals surface area contributed by atoms with E-state index in [9.17, 15) is 4.79 Å². The molecule has 0 unspecified atom stereocenters. The Hall–Kier alpha value is -2.37. The first-order chi connectivity index (χ1) is 12.0. The molecule has 0 bridgehead atoms. The zero-order valence-corrected chi connectivity index (χ0v) is 15.2. The smallest absolute Gasteiger partial charge is 0.263 e. The number of amides is 1. The summed E-state index contributed by atoms with van der Waals surface area (Å²) in [5.74, 6) is 2.19. The standard InChI is InChI=1S/C19H25N3O3/c1-12(2)15-7-5-8-16(11-15)24-13(3)19(23)22-10-6-9-17(22)18-20-14(4)25-21-18/h5,7-8,11-13,17H,6,9-10H2,1-4H3/t13-,17+/m1/s1. The maximum Gasteiger partial charge on any atom is 0.263 e. The van der Waals surface area contributed by atoms with E-state index in [0.717, 1.165) is 18.6 Å². The molecule has 0 aliphatic carbocycles. The van der Waals surface area contributed by atoms with Crippen molar-refractivity contribution in [1.82, 2.24) is 15.0 Å². The number of aryl methyl sites for hydroxylation is 1. The van der Waals surface area contributed by atoms with Gasteiger partial charge in [0.1, 0.15) is 5.75 Å². The van der Waals surface area contributed by atoms with E-state index >= 15 is 0 Å². The van der Waals surface area contributed by atoms with Crippen LogP contribution in [0.5, 0.6) is 5.75 Å². The molecule has 2 aromatic rings. The third-order valence-corrected chi connectivity index (χ3v) is 4.56. The Balaban J connectivity index is 1.70. The van der Waals surface area contributed by atoms with Gasteiger partial charge in [-0.2, -0.15) is 4.98 Å². The zero-order valence-electron chi connectivity index (χ0n) is 15.2. The Kier molecular flexibility index (Phi) is 5.06. The van der Waals surface area contributed by atoms with Gasteiger partial charge in [0.2, 0.25) is 5.89 Å². The molecule has 2 atom stereocenters. The van der Waals surface area contributed by atoms with E-state index in [0.29, 0.717) is 24.2 Å². The summed E-state index contributed by atoms with van der Waals surface area (Å²) in [6.45, 7) is 8.51. The van der Waals surface area contributed by atoms with E-state index in [4.69, 9.17) is 9.26 Å². The summed E-state index contributed by atoms with van der Waals surface area (Å²) < 4.78 is 11.0. The summed E-state index contributed by atoms with van der Waals surface area (Å²) in [7, 11) is 0. The quantitative estimate of drug-likeness (QED) is 0.829. The van der Waals surface area contributed by atoms with Gasteiger partial charge in [0.25, 0.3) is 5.91 Å². The van der Waals surface area contributed by atoms with Gasteiger partial charge in [0.15, 0.2) is 11.9 Å². The van der Waals surface area contributed by atoms with Crippen molar-refractivity contribution in [3.05, 3.63) is 41.5 Å². The van der Waals surface area contributed by atoms with Gasteiger partial charge in [0.05, 0.1) is 6.04 Å². The third kappa shape index (κ3) is 3.83. The summed E-state index contributed by atoms with van der Waals surface area (Å²) in [6.07, 6.45) is 1.22. The maximum absolute atomic E-state index is 12.9. The number of rotatable bonds is 5. The molecule has 1 aliphatic heterocycles. The van der Waals surface area contributed by atoms with Crippen molar-refractivity contribution >= 4 is 5.91 Å². The number of carbonyl (C=O) groups excluding carboxylic acids is 1. The topological polar surface area (TPSA) is 68.5 Å². The first-order valence-corrected chi connectivity index (χ1v) is 8.83. The van der Waals surface area contributed by atoms with Crippen molar-refractivity contribution in [2.45, 2.75) is 58.6 Å². The van der Waals surface area contributed by atoms with Crippen molar-refractivity contribution in [2.24, 2.45) is 0 Å². The van der Waals surface area contributed by atoms with Crippen LogP contribution in [0.15, 0.2) is 28.8 Å². The van der Waals surface area contributed by atoms with Crippen LogP contribution in [-0.4, -0.2) is 33.6 Å². The van der Waals surface area contributed by atoms with Crippen molar-refractivity contribution in [3.63, 3.8) is 0 Å². The lowest BCUT2D eigenvalue weighted by atomic mass is 10.0. The van der Waals surface area contributed by atoms with Crippen LogP contribution in [-0.2, 0) is 4.79 Å². The number of aromatic nitrogens is 2. The van der Waals surface area contributed by atoms with E-state index in [2.05, 4.69) is 30.1 Å². The third-order valence-electron chi connectivity index (χ3n) is 4.56. The normalized spacial score (nSPS) is 18.6. The van der Waals surface area contributed by atoms with Crippen molar-refractivity contribution in [1.29, 1.82) is 0 Å². The summed E-state index contributed by atoms with van der Waals surface area (Å²) in [6, 6.07) is 7.79. The number of likely N-dealkylation sites (tertiary alicyclic amines) is 1. The SMILES string of the molecule is Cc1nc([C@@H]2CCCN2C(=O)[C@@H](C)Oc2cccc(C(C)C)c2)no1. The monoisotopic (exact) mass is 343 g/mol. The van der Waals surface area contributed by atoms with Crippen LogP contribution < -0.4 is 4.74 Å². The predicted octanol–water partition coefficient (Wildman–Crippen LogP) is 3.63. The number of nitrogens with zero attached hydrogens (tertiary/aromatic N) is 3. The second kappa shape index (κ2) is 7.25. The Morgan fingerprint density at radius 1 is 1.36 bits per heavy atom. The molecule has 25 heavy (non-hydrogen) atoms. The van der Waals surface area contributed by atoms with Gasteiger partial charge in [-0.3, -0.25) is 4.79 Å². The minimum atomic E-state index is -0.559. The van der Waals surface area contributed by atoms with Gasteiger partial charge in [-0.25, -0.2) is 0 Å². The molecular formula is C19H25N3O3. The molecule has 3 rings (SSSR count). The molecule has 1 aromatic heterocycles. The second-order valence-electron chi connectivity index (χ2n) is 6.85. The molecule has 1 aromatic carbocycles. The minimum Gasteiger partial charge on any atom is -0.481 e. The fourth-order valence-corrected chi connectivity index (χ4v) is 3.18. The van der Waals surface area contributed by atoms with Crippen LogP contribution in [0.4, 0.5) is 0 Å². The lowest BCUT2D eigenvalue weighted by Crippen LogP contribution is -2.40. The van der Waals surface area contributed by atoms with Crippen LogP contribution in [0.3, 0.4) is 0 Å². The molecule has 0 N–H and O–H groups in total. The highest BCUT2D eigenvalue weighted by atomic mass is 16.5. The Morgan fingerprint density at radius 3 is 2.84 bits per heavy atom. The number of ether oxygens (including phenoxy) is 1. The molecule has 0 radical (unpaired) electrons. The van der Waals surface area contributed by atoms with E-state index in [-0.39, 0.29) is 11.9 Å². The maximum atomic E-state index is 12.9. The fraction of sp³-hybridized carbons (Fsp3) is 0.526. The van der Waals surface area contributed by atoms with Gasteiger partial charge in [-0.1, -0.05) is 31.1 Å². The Morgan fingerprint density at radius 2 is 2.16 bits per heavy atom. The predicted molar refractivity (Wildman–Crippen MR) is 93.3 cm³/mol. The Bertz CT molecular complexity index is 741. The lowest BCUT2D eigenvalue weighted by Gasteiger charge is -2.26. The van der Waals surface area contributed by atoms with Gasteiger partial charge in [-0.05, 0) is 43.4 Å². The van der Waals surface area contributed by atoms with Crippen molar-refractivity contribution < 1.29 is 14.1 Å². The molecule has 1 amide bonds. The van der Waals surface area contributed by atoms with Crippen LogP contribution in [0, 0.1) is 6.92 Å². The molecule has 1 saturated heterocycles. The highest BCUT2D eigenvalue weighted by molar-refractivity contribution is 5.81. The largest absolute Gasteiger partial charge is 0.481 e. The molecule has 1 aliphatic rings. The summed E-state index contributed by atoms with van der Waals surface area (Å²) in [5.41, 5.74) is 1.19. The van der Waals surface area contributed by atoms with E-state index in [1.807, 2.05) is 18.2 Å². The molecular weight excluding hydrogens is 318 g/mol. The Labute approximate surface area is 148 Å². The summed E-state index contributed by atoms with van der Waals surface area (Å²) in [4.78, 5) is 19.0. The van der Waals surface area contributed by atoms with Gasteiger partial charge >= 0.3 is 0 Å². The highest BCUT2D eigenvalue weighted by Gasteiger charge is 2.35. The average molecular weight is 343 g/mol. The molecule has 6 nitrogen and oxygen atoms in total. The number of hydrogen-bond acceptors (Lipinski definition) is 5. The lowest BCUT2D eigenvalue weighted by molar-refractivity contribution is -0.139. The molecule has 0 saturated carbocycles. The van der Waals surface area contributed by atoms with Gasteiger partial charge in [0, 0.05) is 13.5 Å². The zero-order chi connectivity index (χ0) is 18.0. The van der Waals surface area contributed by atoms with Crippen LogP contribution in [0.1, 0.15) is 62.9 Å². The molecule has 0 spiro atoms. The summed E-state index contributed by atoms with van der Waals surface area (Å²) >= 11 is 0. The molecule has 1 fully saturated rings. The van der Waals surface area contributed by atoms with E-state index in [1.54, 1.807) is 18.7 Å². The van der Waals surface area contributed by atoms with Gasteiger partial charge < -0.3 is 14.2 Å². The summed E-state index contributed by atoms with van der Waals surface area (Å²) in [5, 5.41) is 3.98. The van der Waals surface area contributed by atoms with Gasteiger partial charge in [-0.15, -0.1) is 0 Å². The highest BCUT2D eigenvalue weighted by Crippen LogP contribution is 2.31. The number of hydrogen-bond donors (Lipinski definition) is 0. The number of benzene rings is 1. The second-order valence-corrected chi connectivity index (χ2v) is 6.85. The van der Waals surface area contributed by atoms with Crippen LogP contribution in [0.2, 0.25) is 0 Å². The van der Waals surface area contributed by atoms with E-state index in [1.165, 1.54) is 5.56 Å². The first-order valence-electron chi connectivity index (χ1n) is 8.83. The van der Waals surface area contributed by atoms with Crippen LogP contribution >= 0.6 is 0 Å².